The van der Waals surface area contributed by atoms with Gasteiger partial charge in [0.25, 0.3) is 0 Å². The smallest absolute Gasteiger partial charge is 0.181 e. The molecule has 1 aromatic heterocycles. The molecule has 18 heavy (non-hydrogen) atoms. The molecule has 0 fully saturated rings. The van der Waals surface area contributed by atoms with Crippen LogP contribution >= 0.6 is 23.2 Å². The lowest BCUT2D eigenvalue weighted by Crippen LogP contribution is -2.22. The molecule has 0 bridgehead atoms. The van der Waals surface area contributed by atoms with Gasteiger partial charge in [-0.2, -0.15) is 0 Å². The summed E-state index contributed by atoms with van der Waals surface area (Å²) in [6.45, 7) is 4.82. The van der Waals surface area contributed by atoms with Crippen LogP contribution in [0.1, 0.15) is 19.5 Å². The second kappa shape index (κ2) is 5.74. The summed E-state index contributed by atoms with van der Waals surface area (Å²) in [5, 5.41) is 4.34. The third kappa shape index (κ3) is 3.05. The van der Waals surface area contributed by atoms with Crippen LogP contribution in [0.15, 0.2) is 29.0 Å². The summed E-state index contributed by atoms with van der Waals surface area (Å²) in [7, 11) is 0. The Hall–Kier alpha value is -1.03. The molecule has 0 saturated carbocycles. The summed E-state index contributed by atoms with van der Waals surface area (Å²) in [4.78, 5) is 4.21. The number of hydrogen-bond acceptors (Lipinski definition) is 3. The van der Waals surface area contributed by atoms with Crippen LogP contribution in [0, 0.1) is 0 Å². The van der Waals surface area contributed by atoms with E-state index in [0.717, 1.165) is 17.0 Å². The predicted molar refractivity (Wildman–Crippen MR) is 73.9 cm³/mol. The Morgan fingerprint density at radius 3 is 2.72 bits per heavy atom. The number of benzene rings is 1. The lowest BCUT2D eigenvalue weighted by Gasteiger charge is -2.07. The first-order valence-electron chi connectivity index (χ1n) is 5.69. The van der Waals surface area contributed by atoms with Crippen molar-refractivity contribution in [2.45, 2.75) is 26.4 Å². The monoisotopic (exact) mass is 284 g/mol. The van der Waals surface area contributed by atoms with Gasteiger partial charge in [0.2, 0.25) is 0 Å². The van der Waals surface area contributed by atoms with Crippen molar-refractivity contribution in [2.24, 2.45) is 0 Å². The Morgan fingerprint density at radius 1 is 1.28 bits per heavy atom. The van der Waals surface area contributed by atoms with Crippen molar-refractivity contribution < 1.29 is 4.42 Å². The molecule has 3 nitrogen and oxygen atoms in total. The largest absolute Gasteiger partial charge is 0.443 e. The second-order valence-electron chi connectivity index (χ2n) is 4.29. The molecule has 0 saturated heterocycles. The van der Waals surface area contributed by atoms with E-state index < -0.39 is 0 Å². The van der Waals surface area contributed by atoms with Gasteiger partial charge >= 0.3 is 0 Å². The summed E-state index contributed by atoms with van der Waals surface area (Å²) in [5.41, 5.74) is 1.74. The molecule has 0 aliphatic carbocycles. The summed E-state index contributed by atoms with van der Waals surface area (Å²) in [6, 6.07) is 5.79. The zero-order valence-corrected chi connectivity index (χ0v) is 11.7. The van der Waals surface area contributed by atoms with Crippen LogP contribution in [0.2, 0.25) is 10.0 Å². The van der Waals surface area contributed by atoms with E-state index in [1.54, 1.807) is 12.1 Å². The van der Waals surface area contributed by atoms with Crippen molar-refractivity contribution in [2.75, 3.05) is 0 Å². The highest BCUT2D eigenvalue weighted by molar-refractivity contribution is 6.42. The van der Waals surface area contributed by atoms with Crippen molar-refractivity contribution in [3.63, 3.8) is 0 Å². The molecule has 5 heteroatoms. The van der Waals surface area contributed by atoms with E-state index in [0.29, 0.717) is 22.6 Å². The average Bonchev–Trinajstić information content (AvgIpc) is 2.78. The zero-order chi connectivity index (χ0) is 13.1. The van der Waals surface area contributed by atoms with Crippen LogP contribution < -0.4 is 5.32 Å². The molecule has 0 radical (unpaired) electrons. The van der Waals surface area contributed by atoms with Crippen LogP contribution in [-0.2, 0) is 6.54 Å². The molecule has 1 aromatic carbocycles. The standard InChI is InChI=1S/C13H14Cl2N2O/c1-8(2)16-6-12-13(18-7-17-12)9-3-4-10(14)11(15)5-9/h3-5,7-8,16H,6H2,1-2H3. The number of oxazole rings is 1. The molecule has 1 heterocycles. The minimum absolute atomic E-state index is 0.392. The highest BCUT2D eigenvalue weighted by Gasteiger charge is 2.12. The number of rotatable bonds is 4. The number of aromatic nitrogens is 1. The molecule has 2 aromatic rings. The van der Waals surface area contributed by atoms with E-state index in [-0.39, 0.29) is 0 Å². The van der Waals surface area contributed by atoms with Gasteiger partial charge in [0.1, 0.15) is 5.69 Å². The lowest BCUT2D eigenvalue weighted by molar-refractivity contribution is 0.563. The summed E-state index contributed by atoms with van der Waals surface area (Å²) in [6.07, 6.45) is 1.44. The molecule has 0 amide bonds. The maximum atomic E-state index is 6.00. The van der Waals surface area contributed by atoms with E-state index in [4.69, 9.17) is 27.6 Å². The molecular weight excluding hydrogens is 271 g/mol. The maximum Gasteiger partial charge on any atom is 0.181 e. The van der Waals surface area contributed by atoms with Crippen molar-refractivity contribution in [1.29, 1.82) is 0 Å². The van der Waals surface area contributed by atoms with Gasteiger partial charge in [0, 0.05) is 18.2 Å². The van der Waals surface area contributed by atoms with Gasteiger partial charge in [-0.25, -0.2) is 4.98 Å². The molecule has 0 aliphatic rings. The zero-order valence-electron chi connectivity index (χ0n) is 10.2. The third-order valence-electron chi connectivity index (χ3n) is 2.50. The number of nitrogens with one attached hydrogen (secondary N) is 1. The van der Waals surface area contributed by atoms with Gasteiger partial charge in [-0.15, -0.1) is 0 Å². The van der Waals surface area contributed by atoms with Crippen LogP contribution in [-0.4, -0.2) is 11.0 Å². The fourth-order valence-electron chi connectivity index (χ4n) is 1.57. The highest BCUT2D eigenvalue weighted by Crippen LogP contribution is 2.30. The van der Waals surface area contributed by atoms with Gasteiger partial charge in [0.15, 0.2) is 12.2 Å². The minimum Gasteiger partial charge on any atom is -0.443 e. The molecule has 1 N–H and O–H groups in total. The fraction of sp³-hybridized carbons (Fsp3) is 0.308. The molecule has 0 spiro atoms. The third-order valence-corrected chi connectivity index (χ3v) is 3.24. The summed E-state index contributed by atoms with van der Waals surface area (Å²) in [5.74, 6) is 0.724. The minimum atomic E-state index is 0.392. The van der Waals surface area contributed by atoms with Crippen LogP contribution in [0.5, 0.6) is 0 Å². The van der Waals surface area contributed by atoms with Crippen LogP contribution in [0.4, 0.5) is 0 Å². The van der Waals surface area contributed by atoms with E-state index in [1.165, 1.54) is 6.39 Å². The topological polar surface area (TPSA) is 38.1 Å². The molecule has 96 valence electrons. The highest BCUT2D eigenvalue weighted by atomic mass is 35.5. The first-order chi connectivity index (χ1) is 8.58. The Labute approximate surface area is 116 Å². The van der Waals surface area contributed by atoms with Crippen molar-refractivity contribution in [3.8, 4) is 11.3 Å². The molecule has 0 aliphatic heterocycles. The van der Waals surface area contributed by atoms with Crippen molar-refractivity contribution >= 4 is 23.2 Å². The average molecular weight is 285 g/mol. The van der Waals surface area contributed by atoms with Crippen molar-refractivity contribution in [3.05, 3.63) is 40.3 Å². The normalized spacial score (nSPS) is 11.2. The maximum absolute atomic E-state index is 6.00. The Kier molecular flexibility index (Phi) is 4.27. The number of hydrogen-bond donors (Lipinski definition) is 1. The van der Waals surface area contributed by atoms with E-state index in [2.05, 4.69) is 24.1 Å². The quantitative estimate of drug-likeness (QED) is 0.917. The SMILES string of the molecule is CC(C)NCc1ncoc1-c1ccc(Cl)c(Cl)c1. The molecular formula is C13H14Cl2N2O. The van der Waals surface area contributed by atoms with Gasteiger partial charge in [-0.3, -0.25) is 0 Å². The number of nitrogens with zero attached hydrogens (tertiary/aromatic N) is 1. The lowest BCUT2D eigenvalue weighted by atomic mass is 10.1. The van der Waals surface area contributed by atoms with E-state index >= 15 is 0 Å². The van der Waals surface area contributed by atoms with E-state index in [1.807, 2.05) is 6.07 Å². The summed E-state index contributed by atoms with van der Waals surface area (Å²) >= 11 is 11.9. The van der Waals surface area contributed by atoms with Gasteiger partial charge in [0.05, 0.1) is 10.0 Å². The van der Waals surface area contributed by atoms with Crippen LogP contribution in [0.25, 0.3) is 11.3 Å². The van der Waals surface area contributed by atoms with Gasteiger partial charge in [-0.1, -0.05) is 37.0 Å². The van der Waals surface area contributed by atoms with Crippen molar-refractivity contribution in [1.82, 2.24) is 10.3 Å². The molecule has 0 atom stereocenters. The predicted octanol–water partition coefficient (Wildman–Crippen LogP) is 4.15. The van der Waals surface area contributed by atoms with Gasteiger partial charge in [-0.05, 0) is 18.2 Å². The Bertz CT molecular complexity index is 538. The van der Waals surface area contributed by atoms with E-state index in [9.17, 15) is 0 Å². The second-order valence-corrected chi connectivity index (χ2v) is 5.11. The Morgan fingerprint density at radius 2 is 2.06 bits per heavy atom. The first-order valence-corrected chi connectivity index (χ1v) is 6.44. The fourth-order valence-corrected chi connectivity index (χ4v) is 1.87. The first kappa shape index (κ1) is 13.4. The van der Waals surface area contributed by atoms with Gasteiger partial charge < -0.3 is 9.73 Å². The molecule has 0 unspecified atom stereocenters. The number of halogens is 2. The Balaban J connectivity index is 2.27. The summed E-state index contributed by atoms with van der Waals surface area (Å²) < 4.78 is 5.43. The molecule has 2 rings (SSSR count). The van der Waals surface area contributed by atoms with Crippen LogP contribution in [0.3, 0.4) is 0 Å².